The predicted molar refractivity (Wildman–Crippen MR) is 193 cm³/mol. The summed E-state index contributed by atoms with van der Waals surface area (Å²) in [5, 5.41) is 2.42. The number of carbonyl (C=O) groups is 1. The van der Waals surface area contributed by atoms with Gasteiger partial charge in [-0.25, -0.2) is 0 Å². The summed E-state index contributed by atoms with van der Waals surface area (Å²) >= 11 is 0. The fourth-order valence-electron chi connectivity index (χ4n) is 6.67. The van der Waals surface area contributed by atoms with E-state index in [-0.39, 0.29) is 19.4 Å². The molecule has 0 spiro atoms. The van der Waals surface area contributed by atoms with E-state index in [0.717, 1.165) is 64.1 Å². The third-order valence-corrected chi connectivity index (χ3v) is 9.58. The number of hydrogen-bond acceptors (Lipinski definition) is 5. The number of aryl methyl sites for hydroxylation is 2. The zero-order valence-corrected chi connectivity index (χ0v) is 28.7. The Labute approximate surface area is 275 Å². The molecule has 1 aliphatic heterocycles. The summed E-state index contributed by atoms with van der Waals surface area (Å²) < 4.78 is 0. The van der Waals surface area contributed by atoms with Gasteiger partial charge in [0.25, 0.3) is 0 Å². The Hall–Kier alpha value is -2.77. The molecule has 0 bridgehead atoms. The van der Waals surface area contributed by atoms with Gasteiger partial charge in [-0.3, -0.25) is 9.69 Å². The zero-order chi connectivity index (χ0) is 31.8. The van der Waals surface area contributed by atoms with Crippen LogP contribution in [0, 0.1) is 13.8 Å². The van der Waals surface area contributed by atoms with Gasteiger partial charge in [-0.1, -0.05) is 73.7 Å². The number of rotatable bonds is 14. The highest BCUT2D eigenvalue weighted by Gasteiger charge is 2.35. The minimum absolute atomic E-state index is 0. The van der Waals surface area contributed by atoms with Crippen LogP contribution in [0.1, 0.15) is 49.4 Å². The van der Waals surface area contributed by atoms with Crippen LogP contribution < -0.4 is 0 Å². The Bertz CT molecular complexity index is 1350. The van der Waals surface area contributed by atoms with Gasteiger partial charge in [-0.05, 0) is 109 Å². The minimum atomic E-state index is 0. The summed E-state index contributed by atoms with van der Waals surface area (Å²) in [7, 11) is 10.9. The van der Waals surface area contributed by atoms with Gasteiger partial charge in [0.05, 0.1) is 6.42 Å². The van der Waals surface area contributed by atoms with Crippen molar-refractivity contribution < 1.29 is 4.79 Å². The van der Waals surface area contributed by atoms with E-state index in [9.17, 15) is 4.79 Å². The van der Waals surface area contributed by atoms with E-state index in [2.05, 4.69) is 141 Å². The lowest BCUT2D eigenvalue weighted by Crippen LogP contribution is -2.61. The third-order valence-electron chi connectivity index (χ3n) is 9.58. The van der Waals surface area contributed by atoms with Crippen LogP contribution in [0.5, 0.6) is 0 Å². The van der Waals surface area contributed by atoms with Gasteiger partial charge < -0.3 is 19.6 Å². The Morgan fingerprint density at radius 2 is 1.62 bits per heavy atom. The van der Waals surface area contributed by atoms with Crippen LogP contribution in [0.25, 0.3) is 10.8 Å². The highest BCUT2D eigenvalue weighted by atomic mass is 16.2. The van der Waals surface area contributed by atoms with Crippen molar-refractivity contribution in [3.63, 3.8) is 0 Å². The molecule has 6 nitrogen and oxygen atoms in total. The summed E-state index contributed by atoms with van der Waals surface area (Å²) in [5.41, 5.74) is 5.24. The molecule has 3 atom stereocenters. The molecule has 0 aromatic heterocycles. The lowest BCUT2D eigenvalue weighted by Gasteiger charge is -2.47. The Kier molecular flexibility index (Phi) is 14.1. The molecule has 3 aromatic carbocycles. The topological polar surface area (TPSA) is 33.3 Å². The van der Waals surface area contributed by atoms with Crippen LogP contribution in [-0.4, -0.2) is 123 Å². The van der Waals surface area contributed by atoms with Gasteiger partial charge in [0.15, 0.2) is 0 Å². The number of likely N-dealkylation sites (N-methyl/N-ethyl adjacent to an activating group) is 3. The number of nitrogens with zero attached hydrogens (tertiary/aromatic N) is 5. The van der Waals surface area contributed by atoms with Crippen molar-refractivity contribution in [1.29, 1.82) is 0 Å². The second kappa shape index (κ2) is 17.2. The number of amides is 1. The highest BCUT2D eigenvalue weighted by Crippen LogP contribution is 2.24. The quantitative estimate of drug-likeness (QED) is 0.223. The Balaban J connectivity index is 0.00000552. The molecular formula is C39H61N5O. The number of fused-ring (bicyclic) bond motifs is 1. The first-order valence-electron chi connectivity index (χ1n) is 16.6. The van der Waals surface area contributed by atoms with Gasteiger partial charge in [0.1, 0.15) is 0 Å². The zero-order valence-electron chi connectivity index (χ0n) is 28.7. The van der Waals surface area contributed by atoms with Gasteiger partial charge >= 0.3 is 0 Å². The molecule has 3 aromatic rings. The summed E-state index contributed by atoms with van der Waals surface area (Å²) in [5.74, 6) is 0.250. The first-order chi connectivity index (χ1) is 21.0. The highest BCUT2D eigenvalue weighted by molar-refractivity contribution is 5.85. The smallest absolute Gasteiger partial charge is 0.227 e. The van der Waals surface area contributed by atoms with Crippen molar-refractivity contribution in [3.05, 3.63) is 82.9 Å². The van der Waals surface area contributed by atoms with Crippen LogP contribution in [0.3, 0.4) is 0 Å². The second-order valence-corrected chi connectivity index (χ2v) is 13.9. The van der Waals surface area contributed by atoms with Crippen LogP contribution in [0.2, 0.25) is 0 Å². The van der Waals surface area contributed by atoms with E-state index in [1.54, 1.807) is 0 Å². The van der Waals surface area contributed by atoms with Gasteiger partial charge in [0, 0.05) is 50.8 Å². The van der Waals surface area contributed by atoms with E-state index in [0.29, 0.717) is 18.5 Å². The molecule has 4 rings (SSSR count). The van der Waals surface area contributed by atoms with E-state index < -0.39 is 0 Å². The SMILES string of the molecule is C.Cc1ccc(C[C@H](CN2C[C@@H](C)N(C(=O)Cc3ccc4ccccc4c3)CC2CCCN(C)CCN(C)C)N(C)C)c(C)c1. The molecule has 0 aliphatic carbocycles. The lowest BCUT2D eigenvalue weighted by atomic mass is 9.96. The molecule has 1 unspecified atom stereocenters. The number of piperazine rings is 1. The standard InChI is InChI=1S/C38H57N5O.CH4/c1-29-15-17-34(30(2)22-29)25-37(40(6)7)27-42-26-31(3)43(28-36(42)14-11-19-41(8)21-20-39(4)5)38(44)24-32-16-18-33-12-9-10-13-35(33)23-32;/h9-10,12-13,15-18,22-23,31,36-37H,11,14,19-21,24-28H2,1-8H3;1H4/t31-,36?,37-;/m1./s1. The van der Waals surface area contributed by atoms with Crippen LogP contribution in [0.4, 0.5) is 0 Å². The van der Waals surface area contributed by atoms with E-state index in [4.69, 9.17) is 0 Å². The number of hydrogen-bond donors (Lipinski definition) is 0. The van der Waals surface area contributed by atoms with Crippen molar-refractivity contribution in [2.45, 2.75) is 72.0 Å². The molecule has 6 heteroatoms. The maximum Gasteiger partial charge on any atom is 0.227 e. The van der Waals surface area contributed by atoms with Crippen molar-refractivity contribution >= 4 is 16.7 Å². The fourth-order valence-corrected chi connectivity index (χ4v) is 6.67. The molecular weight excluding hydrogens is 554 g/mol. The van der Waals surface area contributed by atoms with Crippen LogP contribution >= 0.6 is 0 Å². The summed E-state index contributed by atoms with van der Waals surface area (Å²) in [6.45, 7) is 12.6. The van der Waals surface area contributed by atoms with Gasteiger partial charge in [-0.15, -0.1) is 0 Å². The maximum atomic E-state index is 13.8. The van der Waals surface area contributed by atoms with Crippen molar-refractivity contribution in [2.75, 3.05) is 74.5 Å². The average molecular weight is 616 g/mol. The maximum absolute atomic E-state index is 13.8. The Morgan fingerprint density at radius 1 is 0.889 bits per heavy atom. The molecule has 1 aliphatic rings. The summed E-state index contributed by atoms with van der Waals surface area (Å²) in [6, 6.07) is 22.7. The van der Waals surface area contributed by atoms with Crippen molar-refractivity contribution in [2.24, 2.45) is 0 Å². The summed E-state index contributed by atoms with van der Waals surface area (Å²) in [4.78, 5) is 25.8. The average Bonchev–Trinajstić information content (AvgIpc) is 2.97. The van der Waals surface area contributed by atoms with E-state index >= 15 is 0 Å². The first kappa shape index (κ1) is 36.7. The minimum Gasteiger partial charge on any atom is -0.337 e. The fraction of sp³-hybridized carbons (Fsp3) is 0.564. The predicted octanol–water partition coefficient (Wildman–Crippen LogP) is 5.98. The van der Waals surface area contributed by atoms with Gasteiger partial charge in [0.2, 0.25) is 5.91 Å². The molecule has 248 valence electrons. The van der Waals surface area contributed by atoms with Crippen molar-refractivity contribution in [3.8, 4) is 0 Å². The van der Waals surface area contributed by atoms with Crippen molar-refractivity contribution in [1.82, 2.24) is 24.5 Å². The lowest BCUT2D eigenvalue weighted by molar-refractivity contribution is -0.137. The van der Waals surface area contributed by atoms with Crippen LogP contribution in [-0.2, 0) is 17.6 Å². The Morgan fingerprint density at radius 3 is 2.31 bits per heavy atom. The van der Waals surface area contributed by atoms with Crippen LogP contribution in [0.15, 0.2) is 60.7 Å². The van der Waals surface area contributed by atoms with Gasteiger partial charge in [-0.2, -0.15) is 0 Å². The molecule has 1 fully saturated rings. The molecule has 45 heavy (non-hydrogen) atoms. The summed E-state index contributed by atoms with van der Waals surface area (Å²) in [6.07, 6.45) is 3.73. The third kappa shape index (κ3) is 10.6. The molecule has 0 saturated carbocycles. The number of benzene rings is 3. The van der Waals surface area contributed by atoms with E-state index in [1.807, 2.05) is 0 Å². The second-order valence-electron chi connectivity index (χ2n) is 13.9. The largest absolute Gasteiger partial charge is 0.337 e. The monoisotopic (exact) mass is 615 g/mol. The normalized spacial score (nSPS) is 18.2. The molecule has 1 amide bonds. The first-order valence-corrected chi connectivity index (χ1v) is 16.6. The molecule has 0 N–H and O–H groups in total. The molecule has 0 radical (unpaired) electrons. The number of carbonyl (C=O) groups excluding carboxylic acids is 1. The molecule has 1 heterocycles. The van der Waals surface area contributed by atoms with E-state index in [1.165, 1.54) is 27.5 Å². The molecule has 1 saturated heterocycles.